The van der Waals surface area contributed by atoms with Crippen molar-refractivity contribution in [3.63, 3.8) is 0 Å². The Kier molecular flexibility index (Phi) is 5.94. The zero-order valence-corrected chi connectivity index (χ0v) is 16.3. The summed E-state index contributed by atoms with van der Waals surface area (Å²) < 4.78 is 0. The Labute approximate surface area is 159 Å². The highest BCUT2D eigenvalue weighted by atomic mass is 32.2. The standard InChI is InChI=1S/C22H24N2OS/c1-4-16(3)26-19-10-11-20(15(2)13-19)24-21(25)14-18-8-5-7-17-9-6-12-23-22(17)18/h5-13,16H,4,14H2,1-3H3,(H,24,25). The molecule has 0 spiro atoms. The normalized spacial score (nSPS) is 12.1. The Morgan fingerprint density at radius 2 is 2.00 bits per heavy atom. The van der Waals surface area contributed by atoms with E-state index in [4.69, 9.17) is 0 Å². The molecule has 0 saturated heterocycles. The van der Waals surface area contributed by atoms with Crippen molar-refractivity contribution in [1.82, 2.24) is 4.98 Å². The van der Waals surface area contributed by atoms with E-state index in [2.05, 4.69) is 36.3 Å². The minimum absolute atomic E-state index is 0.0198. The molecule has 0 aliphatic rings. The molecule has 134 valence electrons. The van der Waals surface area contributed by atoms with Gasteiger partial charge in [-0.25, -0.2) is 0 Å². The molecule has 1 unspecified atom stereocenters. The van der Waals surface area contributed by atoms with Crippen molar-refractivity contribution in [2.75, 3.05) is 5.32 Å². The SMILES string of the molecule is CCC(C)Sc1ccc(NC(=O)Cc2cccc3cccnc23)c(C)c1. The number of pyridine rings is 1. The largest absolute Gasteiger partial charge is 0.326 e. The summed E-state index contributed by atoms with van der Waals surface area (Å²) in [7, 11) is 0. The molecule has 3 aromatic rings. The van der Waals surface area contributed by atoms with E-state index in [9.17, 15) is 4.79 Å². The summed E-state index contributed by atoms with van der Waals surface area (Å²) in [5.41, 5.74) is 3.80. The molecule has 0 aliphatic heterocycles. The number of aryl methyl sites for hydroxylation is 1. The van der Waals surface area contributed by atoms with Crippen LogP contribution in [0.15, 0.2) is 59.6 Å². The molecular weight excluding hydrogens is 340 g/mol. The van der Waals surface area contributed by atoms with E-state index in [1.54, 1.807) is 6.20 Å². The predicted octanol–water partition coefficient (Wildman–Crippen LogP) is 5.62. The Morgan fingerprint density at radius 1 is 1.19 bits per heavy atom. The molecule has 3 rings (SSSR count). The summed E-state index contributed by atoms with van der Waals surface area (Å²) in [6.07, 6.45) is 3.22. The number of nitrogens with zero attached hydrogens (tertiary/aromatic N) is 1. The summed E-state index contributed by atoms with van der Waals surface area (Å²) in [6.45, 7) is 6.46. The first-order valence-electron chi connectivity index (χ1n) is 8.96. The number of benzene rings is 2. The molecule has 3 nitrogen and oxygen atoms in total. The number of aromatic nitrogens is 1. The first-order valence-corrected chi connectivity index (χ1v) is 9.84. The summed E-state index contributed by atoms with van der Waals surface area (Å²) in [5, 5.41) is 4.69. The van der Waals surface area contributed by atoms with Gasteiger partial charge in [0.15, 0.2) is 0 Å². The van der Waals surface area contributed by atoms with Crippen molar-refractivity contribution in [2.24, 2.45) is 0 Å². The lowest BCUT2D eigenvalue weighted by atomic mass is 10.1. The van der Waals surface area contributed by atoms with Crippen molar-refractivity contribution in [3.05, 3.63) is 65.9 Å². The van der Waals surface area contributed by atoms with Gasteiger partial charge in [-0.1, -0.05) is 38.1 Å². The second-order valence-electron chi connectivity index (χ2n) is 6.53. The maximum absolute atomic E-state index is 12.5. The molecule has 0 radical (unpaired) electrons. The second-order valence-corrected chi connectivity index (χ2v) is 8.04. The quantitative estimate of drug-likeness (QED) is 0.578. The Bertz CT molecular complexity index is 918. The number of anilines is 1. The maximum atomic E-state index is 12.5. The number of para-hydroxylation sites is 1. The van der Waals surface area contributed by atoms with Crippen LogP contribution in [0.5, 0.6) is 0 Å². The molecule has 1 heterocycles. The Hall–Kier alpha value is -2.33. The van der Waals surface area contributed by atoms with Crippen molar-refractivity contribution in [2.45, 2.75) is 43.8 Å². The molecule has 1 aromatic heterocycles. The summed E-state index contributed by atoms with van der Waals surface area (Å²) in [4.78, 5) is 18.2. The van der Waals surface area contributed by atoms with Gasteiger partial charge in [-0.05, 0) is 48.7 Å². The van der Waals surface area contributed by atoms with Gasteiger partial charge in [-0.3, -0.25) is 9.78 Å². The number of hydrogen-bond acceptors (Lipinski definition) is 3. The minimum Gasteiger partial charge on any atom is -0.326 e. The molecule has 26 heavy (non-hydrogen) atoms. The fourth-order valence-corrected chi connectivity index (χ4v) is 3.87. The minimum atomic E-state index is -0.0198. The zero-order valence-electron chi connectivity index (χ0n) is 15.5. The van der Waals surface area contributed by atoms with Crippen molar-refractivity contribution < 1.29 is 4.79 Å². The first kappa shape index (κ1) is 18.5. The third-order valence-electron chi connectivity index (χ3n) is 4.45. The highest BCUT2D eigenvalue weighted by Crippen LogP contribution is 2.28. The molecule has 0 bridgehead atoms. The van der Waals surface area contributed by atoms with Gasteiger partial charge < -0.3 is 5.32 Å². The first-order chi connectivity index (χ1) is 12.6. The lowest BCUT2D eigenvalue weighted by Crippen LogP contribution is -2.15. The smallest absolute Gasteiger partial charge is 0.228 e. The van der Waals surface area contributed by atoms with Gasteiger partial charge in [-0.2, -0.15) is 0 Å². The molecule has 1 atom stereocenters. The summed E-state index contributed by atoms with van der Waals surface area (Å²) in [5.74, 6) is -0.0198. The third-order valence-corrected chi connectivity index (χ3v) is 5.71. The van der Waals surface area contributed by atoms with Crippen LogP contribution in [0.25, 0.3) is 10.9 Å². The van der Waals surface area contributed by atoms with E-state index in [1.165, 1.54) is 4.90 Å². The van der Waals surface area contributed by atoms with Gasteiger partial charge in [0.2, 0.25) is 5.91 Å². The Balaban J connectivity index is 1.72. The van der Waals surface area contributed by atoms with E-state index < -0.39 is 0 Å². The number of nitrogens with one attached hydrogen (secondary N) is 1. The number of carbonyl (C=O) groups excluding carboxylic acids is 1. The van der Waals surface area contributed by atoms with Crippen LogP contribution in [0.2, 0.25) is 0 Å². The number of amides is 1. The average molecular weight is 365 g/mol. The number of hydrogen-bond donors (Lipinski definition) is 1. The fraction of sp³-hybridized carbons (Fsp3) is 0.273. The van der Waals surface area contributed by atoms with E-state index in [-0.39, 0.29) is 5.91 Å². The fourth-order valence-electron chi connectivity index (χ4n) is 2.84. The van der Waals surface area contributed by atoms with Crippen LogP contribution in [-0.4, -0.2) is 16.1 Å². The molecule has 2 aromatic carbocycles. The monoisotopic (exact) mass is 364 g/mol. The van der Waals surface area contributed by atoms with E-state index >= 15 is 0 Å². The molecular formula is C22H24N2OS. The Morgan fingerprint density at radius 3 is 2.77 bits per heavy atom. The zero-order chi connectivity index (χ0) is 18.5. The average Bonchev–Trinajstić information content (AvgIpc) is 2.64. The van der Waals surface area contributed by atoms with E-state index in [1.807, 2.05) is 55.1 Å². The van der Waals surface area contributed by atoms with Crippen LogP contribution in [-0.2, 0) is 11.2 Å². The summed E-state index contributed by atoms with van der Waals surface area (Å²) in [6, 6.07) is 16.1. The van der Waals surface area contributed by atoms with E-state index in [0.717, 1.165) is 34.1 Å². The highest BCUT2D eigenvalue weighted by molar-refractivity contribution is 7.99. The third kappa shape index (κ3) is 4.44. The van der Waals surface area contributed by atoms with Crippen LogP contribution in [0.3, 0.4) is 0 Å². The molecule has 0 fully saturated rings. The van der Waals surface area contributed by atoms with Crippen LogP contribution < -0.4 is 5.32 Å². The molecule has 0 saturated carbocycles. The number of thioether (sulfide) groups is 1. The summed E-state index contributed by atoms with van der Waals surface area (Å²) >= 11 is 1.87. The van der Waals surface area contributed by atoms with Gasteiger partial charge in [0.1, 0.15) is 0 Å². The van der Waals surface area contributed by atoms with Gasteiger partial charge in [0.25, 0.3) is 0 Å². The van der Waals surface area contributed by atoms with Gasteiger partial charge in [0, 0.05) is 27.4 Å². The van der Waals surface area contributed by atoms with Gasteiger partial charge >= 0.3 is 0 Å². The van der Waals surface area contributed by atoms with Crippen LogP contribution in [0.4, 0.5) is 5.69 Å². The van der Waals surface area contributed by atoms with Crippen LogP contribution in [0.1, 0.15) is 31.4 Å². The maximum Gasteiger partial charge on any atom is 0.228 e. The molecule has 0 aliphatic carbocycles. The lowest BCUT2D eigenvalue weighted by Gasteiger charge is -2.13. The van der Waals surface area contributed by atoms with Gasteiger partial charge in [0.05, 0.1) is 11.9 Å². The lowest BCUT2D eigenvalue weighted by molar-refractivity contribution is -0.115. The van der Waals surface area contributed by atoms with Crippen LogP contribution in [0, 0.1) is 6.92 Å². The van der Waals surface area contributed by atoms with Crippen molar-refractivity contribution in [1.29, 1.82) is 0 Å². The van der Waals surface area contributed by atoms with Gasteiger partial charge in [-0.15, -0.1) is 11.8 Å². The molecule has 1 amide bonds. The number of carbonyl (C=O) groups is 1. The number of rotatable bonds is 6. The second kappa shape index (κ2) is 8.37. The molecule has 4 heteroatoms. The molecule has 1 N–H and O–H groups in total. The topological polar surface area (TPSA) is 42.0 Å². The van der Waals surface area contributed by atoms with Crippen molar-refractivity contribution >= 4 is 34.3 Å². The van der Waals surface area contributed by atoms with Crippen LogP contribution >= 0.6 is 11.8 Å². The highest BCUT2D eigenvalue weighted by Gasteiger charge is 2.10. The predicted molar refractivity (Wildman–Crippen MR) is 111 cm³/mol. The van der Waals surface area contributed by atoms with E-state index in [0.29, 0.717) is 11.7 Å². The number of fused-ring (bicyclic) bond motifs is 1. The van der Waals surface area contributed by atoms with Crippen molar-refractivity contribution in [3.8, 4) is 0 Å².